The highest BCUT2D eigenvalue weighted by atomic mass is 35.5. The second-order valence-corrected chi connectivity index (χ2v) is 4.58. The molecule has 1 aliphatic rings. The minimum absolute atomic E-state index is 0.0534. The molecule has 1 unspecified atom stereocenters. The van der Waals surface area contributed by atoms with Gasteiger partial charge in [0.2, 0.25) is 0 Å². The summed E-state index contributed by atoms with van der Waals surface area (Å²) in [5, 5.41) is 3.30. The highest BCUT2D eigenvalue weighted by Gasteiger charge is 2.12. The first-order chi connectivity index (χ1) is 6.15. The Morgan fingerprint density at radius 2 is 2.46 bits per heavy atom. The fourth-order valence-corrected chi connectivity index (χ4v) is 1.98. The van der Waals surface area contributed by atoms with Crippen LogP contribution in [-0.2, 0) is 0 Å². The van der Waals surface area contributed by atoms with Crippen LogP contribution in [0, 0.1) is 0 Å². The number of thioether (sulfide) groups is 1. The van der Waals surface area contributed by atoms with E-state index in [0.717, 1.165) is 22.1 Å². The van der Waals surface area contributed by atoms with Crippen molar-refractivity contribution in [3.05, 3.63) is 34.9 Å². The van der Waals surface area contributed by atoms with Crippen molar-refractivity contribution in [2.45, 2.75) is 19.2 Å². The lowest BCUT2D eigenvalue weighted by molar-refractivity contribution is 1.01. The van der Waals surface area contributed by atoms with Gasteiger partial charge in [0.25, 0.3) is 0 Å². The average Bonchev–Trinajstić information content (AvgIpc) is 2.46. The van der Waals surface area contributed by atoms with Gasteiger partial charge in [-0.1, -0.05) is 12.7 Å². The Morgan fingerprint density at radius 1 is 1.77 bits per heavy atom. The van der Waals surface area contributed by atoms with Crippen molar-refractivity contribution in [2.75, 3.05) is 5.88 Å². The number of allylic oxidation sites excluding steroid dienone is 3. The number of hydrogen-bond acceptors (Lipinski definition) is 2. The second kappa shape index (κ2) is 4.77. The van der Waals surface area contributed by atoms with Gasteiger partial charge < -0.3 is 5.32 Å². The van der Waals surface area contributed by atoms with Crippen molar-refractivity contribution < 1.29 is 0 Å². The van der Waals surface area contributed by atoms with E-state index in [4.69, 9.17) is 11.6 Å². The number of nitrogens with one attached hydrogen (secondary N) is 1. The molecule has 0 radical (unpaired) electrons. The Hall–Kier alpha value is -0.340. The van der Waals surface area contributed by atoms with E-state index >= 15 is 0 Å². The highest BCUT2D eigenvalue weighted by Crippen LogP contribution is 2.27. The third-order valence-electron chi connectivity index (χ3n) is 1.91. The van der Waals surface area contributed by atoms with E-state index in [2.05, 4.69) is 18.0 Å². The summed E-state index contributed by atoms with van der Waals surface area (Å²) in [7, 11) is 0. The van der Waals surface area contributed by atoms with Crippen LogP contribution >= 0.6 is 23.4 Å². The van der Waals surface area contributed by atoms with Crippen molar-refractivity contribution in [2.24, 2.45) is 0 Å². The van der Waals surface area contributed by atoms with E-state index in [-0.39, 0.29) is 5.38 Å². The summed E-state index contributed by atoms with van der Waals surface area (Å²) in [5.74, 6) is 0.915. The maximum atomic E-state index is 5.99. The van der Waals surface area contributed by atoms with Crippen molar-refractivity contribution in [1.29, 1.82) is 0 Å². The third-order valence-corrected chi connectivity index (χ3v) is 3.02. The zero-order chi connectivity index (χ0) is 9.84. The summed E-state index contributed by atoms with van der Waals surface area (Å²) < 4.78 is 0. The van der Waals surface area contributed by atoms with Crippen LogP contribution < -0.4 is 5.32 Å². The SMILES string of the molecule is C=C1SCN/C1=C/C(=C\C)C(C)Cl. The minimum atomic E-state index is 0.0534. The summed E-state index contributed by atoms with van der Waals surface area (Å²) in [4.78, 5) is 1.09. The monoisotopic (exact) mass is 215 g/mol. The van der Waals surface area contributed by atoms with Gasteiger partial charge in [-0.15, -0.1) is 23.4 Å². The van der Waals surface area contributed by atoms with Crippen LogP contribution in [0.25, 0.3) is 0 Å². The lowest BCUT2D eigenvalue weighted by Crippen LogP contribution is -2.05. The van der Waals surface area contributed by atoms with Crippen LogP contribution in [0.1, 0.15) is 13.8 Å². The van der Waals surface area contributed by atoms with Gasteiger partial charge in [0.1, 0.15) is 0 Å². The Labute approximate surface area is 88.9 Å². The fourth-order valence-electron chi connectivity index (χ4n) is 1.10. The van der Waals surface area contributed by atoms with Crippen LogP contribution in [0.5, 0.6) is 0 Å². The summed E-state index contributed by atoms with van der Waals surface area (Å²) >= 11 is 7.72. The quantitative estimate of drug-likeness (QED) is 0.710. The van der Waals surface area contributed by atoms with Gasteiger partial charge in [-0.05, 0) is 25.5 Å². The van der Waals surface area contributed by atoms with E-state index in [1.165, 1.54) is 0 Å². The second-order valence-electron chi connectivity index (χ2n) is 2.85. The van der Waals surface area contributed by atoms with Gasteiger partial charge in [0, 0.05) is 10.6 Å². The summed E-state index contributed by atoms with van der Waals surface area (Å²) in [6, 6.07) is 0. The molecule has 1 rings (SSSR count). The maximum absolute atomic E-state index is 5.99. The van der Waals surface area contributed by atoms with Crippen LogP contribution in [-0.4, -0.2) is 11.3 Å². The van der Waals surface area contributed by atoms with Gasteiger partial charge in [0.05, 0.1) is 11.3 Å². The molecule has 1 atom stereocenters. The van der Waals surface area contributed by atoms with E-state index < -0.39 is 0 Å². The predicted molar refractivity (Wildman–Crippen MR) is 61.9 cm³/mol. The van der Waals surface area contributed by atoms with E-state index in [1.807, 2.05) is 19.9 Å². The molecule has 0 aromatic rings. The van der Waals surface area contributed by atoms with Gasteiger partial charge in [-0.25, -0.2) is 0 Å². The molecule has 0 saturated carbocycles. The average molecular weight is 216 g/mol. The molecule has 1 heterocycles. The van der Waals surface area contributed by atoms with Crippen molar-refractivity contribution in [3.8, 4) is 0 Å². The first kappa shape index (κ1) is 10.7. The predicted octanol–water partition coefficient (Wildman–Crippen LogP) is 3.25. The van der Waals surface area contributed by atoms with Gasteiger partial charge in [-0.3, -0.25) is 0 Å². The van der Waals surface area contributed by atoms with Crippen molar-refractivity contribution >= 4 is 23.4 Å². The zero-order valence-corrected chi connectivity index (χ0v) is 9.50. The standard InChI is InChI=1S/C10H14ClNS/c1-4-9(7(2)11)5-10-8(3)13-6-12-10/h4-5,7,12H,3,6H2,1-2H3/b9-4+,10-5+. The summed E-state index contributed by atoms with van der Waals surface area (Å²) in [5.41, 5.74) is 2.23. The maximum Gasteiger partial charge on any atom is 0.0658 e. The van der Waals surface area contributed by atoms with Gasteiger partial charge >= 0.3 is 0 Å². The number of hydrogen-bond donors (Lipinski definition) is 1. The molecule has 0 aliphatic carbocycles. The lowest BCUT2D eigenvalue weighted by atomic mass is 10.1. The van der Waals surface area contributed by atoms with E-state index in [1.54, 1.807) is 11.8 Å². The van der Waals surface area contributed by atoms with Crippen LogP contribution in [0.15, 0.2) is 34.9 Å². The van der Waals surface area contributed by atoms with Crippen molar-refractivity contribution in [3.63, 3.8) is 0 Å². The van der Waals surface area contributed by atoms with Crippen LogP contribution in [0.3, 0.4) is 0 Å². The Balaban J connectivity index is 2.79. The lowest BCUT2D eigenvalue weighted by Gasteiger charge is -2.05. The first-order valence-corrected chi connectivity index (χ1v) is 5.65. The fraction of sp³-hybridized carbons (Fsp3) is 0.400. The number of alkyl halides is 1. The smallest absolute Gasteiger partial charge is 0.0658 e. The Morgan fingerprint density at radius 3 is 2.85 bits per heavy atom. The summed E-state index contributed by atoms with van der Waals surface area (Å²) in [6.07, 6.45) is 4.10. The largest absolute Gasteiger partial charge is 0.375 e. The topological polar surface area (TPSA) is 12.0 Å². The molecule has 0 bridgehead atoms. The molecular formula is C10H14ClNS. The van der Waals surface area contributed by atoms with Gasteiger partial charge in [0.15, 0.2) is 0 Å². The minimum Gasteiger partial charge on any atom is -0.375 e. The molecule has 0 aromatic heterocycles. The molecular weight excluding hydrogens is 202 g/mol. The molecule has 3 heteroatoms. The highest BCUT2D eigenvalue weighted by molar-refractivity contribution is 8.03. The number of rotatable bonds is 2. The number of halogens is 1. The molecule has 1 nitrogen and oxygen atoms in total. The molecule has 0 aromatic carbocycles. The van der Waals surface area contributed by atoms with Crippen LogP contribution in [0.2, 0.25) is 0 Å². The first-order valence-electron chi connectivity index (χ1n) is 4.23. The molecule has 1 N–H and O–H groups in total. The Bertz CT molecular complexity index is 266. The molecule has 1 aliphatic heterocycles. The normalized spacial score (nSPS) is 23.5. The molecule has 1 saturated heterocycles. The third kappa shape index (κ3) is 2.82. The van der Waals surface area contributed by atoms with Crippen molar-refractivity contribution in [1.82, 2.24) is 5.32 Å². The molecule has 1 fully saturated rings. The molecule has 0 spiro atoms. The summed E-state index contributed by atoms with van der Waals surface area (Å²) in [6.45, 7) is 7.91. The molecule has 72 valence electrons. The van der Waals surface area contributed by atoms with E-state index in [0.29, 0.717) is 0 Å². The molecule has 0 amide bonds. The molecule has 13 heavy (non-hydrogen) atoms. The van der Waals surface area contributed by atoms with Crippen LogP contribution in [0.4, 0.5) is 0 Å². The zero-order valence-electron chi connectivity index (χ0n) is 7.93. The Kier molecular flexibility index (Phi) is 3.94. The van der Waals surface area contributed by atoms with E-state index in [9.17, 15) is 0 Å². The van der Waals surface area contributed by atoms with Gasteiger partial charge in [-0.2, -0.15) is 0 Å².